The monoisotopic (exact) mass is 199 g/mol. The molecular formula is C13H29N. The van der Waals surface area contributed by atoms with E-state index in [1.165, 1.54) is 32.1 Å². The molecule has 0 radical (unpaired) electrons. The van der Waals surface area contributed by atoms with Gasteiger partial charge in [0.15, 0.2) is 0 Å². The lowest BCUT2D eigenvalue weighted by Gasteiger charge is -2.25. The topological polar surface area (TPSA) is 12.0 Å². The van der Waals surface area contributed by atoms with Crippen LogP contribution in [0.25, 0.3) is 0 Å². The van der Waals surface area contributed by atoms with E-state index in [0.29, 0.717) is 6.04 Å². The Balaban J connectivity index is 3.81. The van der Waals surface area contributed by atoms with E-state index < -0.39 is 0 Å². The Kier molecular flexibility index (Phi) is 8.26. The summed E-state index contributed by atoms with van der Waals surface area (Å²) in [5.41, 5.74) is 0. The van der Waals surface area contributed by atoms with Crippen LogP contribution < -0.4 is 5.32 Å². The molecule has 0 amide bonds. The van der Waals surface area contributed by atoms with Crippen LogP contribution in [0.4, 0.5) is 0 Å². The van der Waals surface area contributed by atoms with Gasteiger partial charge in [0.25, 0.3) is 0 Å². The fraction of sp³-hybridized carbons (Fsp3) is 1.00. The second-order valence-corrected chi connectivity index (χ2v) is 4.83. The molecule has 0 aliphatic heterocycles. The van der Waals surface area contributed by atoms with Gasteiger partial charge in [-0.3, -0.25) is 0 Å². The smallest absolute Gasteiger partial charge is 0.00695 e. The van der Waals surface area contributed by atoms with Gasteiger partial charge < -0.3 is 5.32 Å². The maximum absolute atomic E-state index is 3.75. The van der Waals surface area contributed by atoms with Crippen LogP contribution in [-0.4, -0.2) is 12.1 Å². The molecule has 1 heteroatoms. The third-order valence-electron chi connectivity index (χ3n) is 3.04. The summed E-state index contributed by atoms with van der Waals surface area (Å²) in [6.45, 7) is 11.4. The summed E-state index contributed by atoms with van der Waals surface area (Å²) >= 11 is 0. The minimum atomic E-state index is 0.656. The van der Waals surface area contributed by atoms with E-state index in [9.17, 15) is 0 Å². The minimum Gasteiger partial charge on any atom is -0.311 e. The van der Waals surface area contributed by atoms with Gasteiger partial charge in [0.1, 0.15) is 0 Å². The van der Waals surface area contributed by atoms with Crippen molar-refractivity contribution in [1.29, 1.82) is 0 Å². The number of nitrogens with one attached hydrogen (secondary N) is 1. The molecule has 0 bridgehead atoms. The molecule has 0 saturated carbocycles. The van der Waals surface area contributed by atoms with Crippen LogP contribution in [-0.2, 0) is 0 Å². The van der Waals surface area contributed by atoms with Crippen molar-refractivity contribution in [3.8, 4) is 0 Å². The molecule has 1 N–H and O–H groups in total. The summed E-state index contributed by atoms with van der Waals surface area (Å²) in [5.74, 6) is 0.746. The largest absolute Gasteiger partial charge is 0.311 e. The average Bonchev–Trinajstić information content (AvgIpc) is 2.14. The molecule has 1 nitrogen and oxygen atoms in total. The number of unbranched alkanes of at least 4 members (excludes halogenated alkanes) is 1. The maximum atomic E-state index is 3.75. The normalized spacial score (nSPS) is 15.9. The highest BCUT2D eigenvalue weighted by molar-refractivity contribution is 4.73. The standard InChI is InChI=1S/C13H29N/c1-6-8-10-13(9-7-2)14-12(5)11(3)4/h11-14H,6-10H2,1-5H3. The van der Waals surface area contributed by atoms with Crippen LogP contribution in [0.3, 0.4) is 0 Å². The van der Waals surface area contributed by atoms with E-state index in [0.717, 1.165) is 12.0 Å². The van der Waals surface area contributed by atoms with Crippen molar-refractivity contribution in [3.63, 3.8) is 0 Å². The molecule has 2 atom stereocenters. The summed E-state index contributed by atoms with van der Waals surface area (Å²) in [6.07, 6.45) is 6.66. The van der Waals surface area contributed by atoms with Gasteiger partial charge in [0, 0.05) is 12.1 Å². The van der Waals surface area contributed by atoms with Crippen molar-refractivity contribution in [1.82, 2.24) is 5.32 Å². The summed E-state index contributed by atoms with van der Waals surface area (Å²) in [6, 6.07) is 1.40. The number of hydrogen-bond acceptors (Lipinski definition) is 1. The molecule has 0 heterocycles. The summed E-state index contributed by atoms with van der Waals surface area (Å²) in [5, 5.41) is 3.75. The Morgan fingerprint density at radius 3 is 2.00 bits per heavy atom. The Morgan fingerprint density at radius 2 is 1.57 bits per heavy atom. The average molecular weight is 199 g/mol. The molecule has 0 aliphatic carbocycles. The Hall–Kier alpha value is -0.0400. The van der Waals surface area contributed by atoms with Gasteiger partial charge in [-0.25, -0.2) is 0 Å². The summed E-state index contributed by atoms with van der Waals surface area (Å²) in [4.78, 5) is 0. The van der Waals surface area contributed by atoms with Gasteiger partial charge in [-0.05, 0) is 25.7 Å². The van der Waals surface area contributed by atoms with E-state index in [4.69, 9.17) is 0 Å². The lowest BCUT2D eigenvalue weighted by molar-refractivity contribution is 0.340. The molecular weight excluding hydrogens is 170 g/mol. The highest BCUT2D eigenvalue weighted by Gasteiger charge is 2.12. The van der Waals surface area contributed by atoms with E-state index in [2.05, 4.69) is 39.9 Å². The zero-order valence-corrected chi connectivity index (χ0v) is 10.8. The van der Waals surface area contributed by atoms with Crippen molar-refractivity contribution in [2.45, 2.75) is 78.8 Å². The predicted molar refractivity (Wildman–Crippen MR) is 65.7 cm³/mol. The van der Waals surface area contributed by atoms with Crippen LogP contribution in [0.15, 0.2) is 0 Å². The fourth-order valence-corrected chi connectivity index (χ4v) is 1.67. The second-order valence-electron chi connectivity index (χ2n) is 4.83. The van der Waals surface area contributed by atoms with Gasteiger partial charge in [0.2, 0.25) is 0 Å². The highest BCUT2D eigenvalue weighted by Crippen LogP contribution is 2.10. The van der Waals surface area contributed by atoms with Gasteiger partial charge >= 0.3 is 0 Å². The van der Waals surface area contributed by atoms with Crippen molar-refractivity contribution in [2.75, 3.05) is 0 Å². The van der Waals surface area contributed by atoms with Crippen LogP contribution >= 0.6 is 0 Å². The summed E-state index contributed by atoms with van der Waals surface area (Å²) < 4.78 is 0. The Bertz CT molecular complexity index is 120. The number of rotatable bonds is 8. The molecule has 0 aromatic carbocycles. The molecule has 0 spiro atoms. The first-order valence-corrected chi connectivity index (χ1v) is 6.37. The fourth-order valence-electron chi connectivity index (χ4n) is 1.67. The molecule has 0 aliphatic rings. The van der Waals surface area contributed by atoms with Crippen molar-refractivity contribution in [3.05, 3.63) is 0 Å². The van der Waals surface area contributed by atoms with Gasteiger partial charge in [0.05, 0.1) is 0 Å². The van der Waals surface area contributed by atoms with Crippen molar-refractivity contribution in [2.24, 2.45) is 5.92 Å². The maximum Gasteiger partial charge on any atom is 0.00695 e. The lowest BCUT2D eigenvalue weighted by atomic mass is 10.0. The van der Waals surface area contributed by atoms with Crippen LogP contribution in [0, 0.1) is 5.92 Å². The highest BCUT2D eigenvalue weighted by atomic mass is 14.9. The second kappa shape index (κ2) is 8.28. The van der Waals surface area contributed by atoms with Gasteiger partial charge in [-0.1, -0.05) is 47.0 Å². The number of hydrogen-bond donors (Lipinski definition) is 1. The third-order valence-corrected chi connectivity index (χ3v) is 3.04. The molecule has 14 heavy (non-hydrogen) atoms. The lowest BCUT2D eigenvalue weighted by Crippen LogP contribution is -2.39. The Labute approximate surface area is 90.7 Å². The first-order valence-electron chi connectivity index (χ1n) is 6.37. The first-order chi connectivity index (χ1) is 6.61. The molecule has 0 saturated heterocycles. The summed E-state index contributed by atoms with van der Waals surface area (Å²) in [7, 11) is 0. The zero-order valence-electron chi connectivity index (χ0n) is 10.8. The van der Waals surface area contributed by atoms with Crippen molar-refractivity contribution < 1.29 is 0 Å². The van der Waals surface area contributed by atoms with Gasteiger partial charge in [-0.2, -0.15) is 0 Å². The minimum absolute atomic E-state index is 0.656. The predicted octanol–water partition coefficient (Wildman–Crippen LogP) is 3.98. The van der Waals surface area contributed by atoms with Crippen molar-refractivity contribution >= 4 is 0 Å². The molecule has 86 valence electrons. The quantitative estimate of drug-likeness (QED) is 0.623. The van der Waals surface area contributed by atoms with Crippen LogP contribution in [0.5, 0.6) is 0 Å². The zero-order chi connectivity index (χ0) is 11.0. The third kappa shape index (κ3) is 6.42. The molecule has 2 unspecified atom stereocenters. The Morgan fingerprint density at radius 1 is 0.929 bits per heavy atom. The SMILES string of the molecule is CCCCC(CCC)NC(C)C(C)C. The molecule has 0 aromatic rings. The first kappa shape index (κ1) is 14.0. The van der Waals surface area contributed by atoms with E-state index >= 15 is 0 Å². The van der Waals surface area contributed by atoms with E-state index in [1.807, 2.05) is 0 Å². The van der Waals surface area contributed by atoms with E-state index in [-0.39, 0.29) is 0 Å². The molecule has 0 fully saturated rings. The van der Waals surface area contributed by atoms with Crippen LogP contribution in [0.2, 0.25) is 0 Å². The van der Waals surface area contributed by atoms with Crippen LogP contribution in [0.1, 0.15) is 66.7 Å². The molecule has 0 aromatic heterocycles. The van der Waals surface area contributed by atoms with E-state index in [1.54, 1.807) is 0 Å². The molecule has 0 rings (SSSR count). The van der Waals surface area contributed by atoms with Gasteiger partial charge in [-0.15, -0.1) is 0 Å².